The highest BCUT2D eigenvalue weighted by atomic mass is 16.5. The predicted molar refractivity (Wildman–Crippen MR) is 76.2 cm³/mol. The highest BCUT2D eigenvalue weighted by molar-refractivity contribution is 5.38. The van der Waals surface area contributed by atoms with E-state index in [1.54, 1.807) is 0 Å². The summed E-state index contributed by atoms with van der Waals surface area (Å²) < 4.78 is 6.34. The van der Waals surface area contributed by atoms with Gasteiger partial charge in [-0.25, -0.2) is 0 Å². The molecule has 3 atom stereocenters. The molecule has 2 unspecified atom stereocenters. The van der Waals surface area contributed by atoms with Gasteiger partial charge in [-0.05, 0) is 37.7 Å². The molecule has 1 spiro atoms. The van der Waals surface area contributed by atoms with Crippen LogP contribution in [0.25, 0.3) is 0 Å². The van der Waals surface area contributed by atoms with Crippen molar-refractivity contribution >= 4 is 0 Å². The summed E-state index contributed by atoms with van der Waals surface area (Å²) in [7, 11) is 0. The van der Waals surface area contributed by atoms with Gasteiger partial charge in [0.25, 0.3) is 0 Å². The van der Waals surface area contributed by atoms with Gasteiger partial charge in [0.05, 0.1) is 6.10 Å². The lowest BCUT2D eigenvalue weighted by Crippen LogP contribution is -2.40. The predicted octanol–water partition coefficient (Wildman–Crippen LogP) is 4.23. The van der Waals surface area contributed by atoms with Crippen LogP contribution in [0, 0.1) is 5.92 Å². The van der Waals surface area contributed by atoms with Gasteiger partial charge in [-0.15, -0.1) is 0 Å². The first-order valence-electron chi connectivity index (χ1n) is 7.68. The number of fused-ring (bicyclic) bond motifs is 1. The van der Waals surface area contributed by atoms with E-state index in [1.165, 1.54) is 25.7 Å². The number of hydrogen-bond donors (Lipinski definition) is 1. The van der Waals surface area contributed by atoms with E-state index in [0.717, 1.165) is 36.5 Å². The van der Waals surface area contributed by atoms with Crippen LogP contribution in [0.1, 0.15) is 63.5 Å². The minimum atomic E-state index is -0.358. The molecule has 1 heterocycles. The van der Waals surface area contributed by atoms with Gasteiger partial charge in [0.2, 0.25) is 0 Å². The Labute approximate surface area is 115 Å². The molecule has 1 aliphatic carbocycles. The molecule has 19 heavy (non-hydrogen) atoms. The van der Waals surface area contributed by atoms with Crippen molar-refractivity contribution in [1.29, 1.82) is 0 Å². The first-order valence-corrected chi connectivity index (χ1v) is 7.68. The Hall–Kier alpha value is -1.02. The molecular weight excluding hydrogens is 236 g/mol. The van der Waals surface area contributed by atoms with E-state index in [2.05, 4.69) is 6.92 Å². The number of para-hydroxylation sites is 1. The summed E-state index contributed by atoms with van der Waals surface area (Å²) in [6.07, 6.45) is 7.66. The largest absolute Gasteiger partial charge is 0.487 e. The molecule has 0 aromatic heterocycles. The minimum Gasteiger partial charge on any atom is -0.487 e. The zero-order valence-electron chi connectivity index (χ0n) is 11.8. The average molecular weight is 260 g/mol. The first-order chi connectivity index (χ1) is 9.22. The quantitative estimate of drug-likeness (QED) is 0.818. The van der Waals surface area contributed by atoms with Crippen molar-refractivity contribution in [3.8, 4) is 5.75 Å². The van der Waals surface area contributed by atoms with Crippen LogP contribution in [-0.2, 0) is 0 Å². The fourth-order valence-corrected chi connectivity index (χ4v) is 3.75. The molecule has 1 aliphatic heterocycles. The van der Waals surface area contributed by atoms with Crippen LogP contribution in [0.2, 0.25) is 0 Å². The van der Waals surface area contributed by atoms with Gasteiger partial charge < -0.3 is 9.84 Å². The highest BCUT2D eigenvalue weighted by Crippen LogP contribution is 2.46. The maximum Gasteiger partial charge on any atom is 0.125 e. The Kier molecular flexibility index (Phi) is 3.53. The number of ether oxygens (including phenoxy) is 1. The van der Waals surface area contributed by atoms with Gasteiger partial charge in [0.1, 0.15) is 11.4 Å². The number of benzene rings is 1. The zero-order valence-corrected chi connectivity index (χ0v) is 11.8. The lowest BCUT2D eigenvalue weighted by atomic mass is 9.83. The van der Waals surface area contributed by atoms with Crippen molar-refractivity contribution < 1.29 is 9.84 Å². The fourth-order valence-electron chi connectivity index (χ4n) is 3.75. The highest BCUT2D eigenvalue weighted by Gasteiger charge is 2.41. The minimum absolute atomic E-state index is 0.113. The molecule has 2 heteroatoms. The van der Waals surface area contributed by atoms with E-state index in [1.807, 2.05) is 24.3 Å². The summed E-state index contributed by atoms with van der Waals surface area (Å²) in [6.45, 7) is 2.29. The maximum atomic E-state index is 10.4. The van der Waals surface area contributed by atoms with E-state index in [4.69, 9.17) is 4.74 Å². The fraction of sp³-hybridized carbons (Fsp3) is 0.647. The third kappa shape index (κ3) is 2.51. The molecular formula is C17H24O2. The molecule has 0 bridgehead atoms. The zero-order chi connectivity index (χ0) is 13.3. The second-order valence-electron chi connectivity index (χ2n) is 6.25. The first kappa shape index (κ1) is 13.0. The Bertz CT molecular complexity index is 443. The monoisotopic (exact) mass is 260 g/mol. The van der Waals surface area contributed by atoms with Gasteiger partial charge in [-0.2, -0.15) is 0 Å². The Morgan fingerprint density at radius 2 is 2.11 bits per heavy atom. The number of aliphatic hydroxyl groups excluding tert-OH is 1. The van der Waals surface area contributed by atoms with E-state index >= 15 is 0 Å². The summed E-state index contributed by atoms with van der Waals surface area (Å²) in [4.78, 5) is 0. The van der Waals surface area contributed by atoms with Gasteiger partial charge >= 0.3 is 0 Å². The molecule has 1 fully saturated rings. The van der Waals surface area contributed by atoms with E-state index in [9.17, 15) is 5.11 Å². The standard InChI is InChI=1S/C17H24O2/c1-2-13-6-5-10-17(11-9-13)12-15(18)14-7-3-4-8-16(14)19-17/h3-4,7-8,13,15,18H,2,5-6,9-12H2,1H3/t13?,15-,17?/m1/s1. The van der Waals surface area contributed by atoms with Crippen molar-refractivity contribution in [3.63, 3.8) is 0 Å². The van der Waals surface area contributed by atoms with Gasteiger partial charge in [0.15, 0.2) is 0 Å². The summed E-state index contributed by atoms with van der Waals surface area (Å²) in [5.74, 6) is 1.74. The molecule has 0 amide bonds. The van der Waals surface area contributed by atoms with Crippen molar-refractivity contribution in [2.75, 3.05) is 0 Å². The van der Waals surface area contributed by atoms with Crippen LogP contribution in [-0.4, -0.2) is 10.7 Å². The van der Waals surface area contributed by atoms with Crippen LogP contribution in [0.5, 0.6) is 5.75 Å². The van der Waals surface area contributed by atoms with Crippen LogP contribution in [0.3, 0.4) is 0 Å². The van der Waals surface area contributed by atoms with Crippen molar-refractivity contribution in [3.05, 3.63) is 29.8 Å². The Balaban J connectivity index is 1.83. The topological polar surface area (TPSA) is 29.5 Å². The summed E-state index contributed by atoms with van der Waals surface area (Å²) in [6, 6.07) is 7.96. The molecule has 1 aromatic carbocycles. The van der Waals surface area contributed by atoms with Crippen LogP contribution in [0.15, 0.2) is 24.3 Å². The van der Waals surface area contributed by atoms with Crippen LogP contribution >= 0.6 is 0 Å². The number of aliphatic hydroxyl groups is 1. The lowest BCUT2D eigenvalue weighted by Gasteiger charge is -2.40. The molecule has 1 N–H and O–H groups in total. The lowest BCUT2D eigenvalue weighted by molar-refractivity contribution is -0.0251. The number of rotatable bonds is 1. The Morgan fingerprint density at radius 1 is 1.26 bits per heavy atom. The second kappa shape index (κ2) is 5.16. The molecule has 104 valence electrons. The molecule has 3 rings (SSSR count). The van der Waals surface area contributed by atoms with Crippen molar-refractivity contribution in [2.45, 2.75) is 63.6 Å². The van der Waals surface area contributed by atoms with Gasteiger partial charge in [0, 0.05) is 12.0 Å². The van der Waals surface area contributed by atoms with Crippen molar-refractivity contribution in [2.24, 2.45) is 5.92 Å². The number of hydrogen-bond acceptors (Lipinski definition) is 2. The van der Waals surface area contributed by atoms with Crippen LogP contribution < -0.4 is 4.74 Å². The second-order valence-corrected chi connectivity index (χ2v) is 6.25. The van der Waals surface area contributed by atoms with Gasteiger partial charge in [-0.3, -0.25) is 0 Å². The van der Waals surface area contributed by atoms with Gasteiger partial charge in [-0.1, -0.05) is 38.0 Å². The Morgan fingerprint density at radius 3 is 2.95 bits per heavy atom. The van der Waals surface area contributed by atoms with E-state index < -0.39 is 0 Å². The summed E-state index contributed by atoms with van der Waals surface area (Å²) >= 11 is 0. The molecule has 0 radical (unpaired) electrons. The third-order valence-electron chi connectivity index (χ3n) is 5.00. The molecule has 0 saturated heterocycles. The SMILES string of the molecule is CCC1CCCC2(CC1)C[C@@H](O)c1ccccc1O2. The average Bonchev–Trinajstić information content (AvgIpc) is 2.61. The molecule has 1 aromatic rings. The third-order valence-corrected chi connectivity index (χ3v) is 5.00. The smallest absolute Gasteiger partial charge is 0.125 e. The summed E-state index contributed by atoms with van der Waals surface area (Å²) in [5.41, 5.74) is 0.849. The molecule has 1 saturated carbocycles. The summed E-state index contributed by atoms with van der Waals surface area (Å²) in [5, 5.41) is 10.4. The normalized spacial score (nSPS) is 34.4. The van der Waals surface area contributed by atoms with E-state index in [-0.39, 0.29) is 11.7 Å². The van der Waals surface area contributed by atoms with E-state index in [0.29, 0.717) is 0 Å². The maximum absolute atomic E-state index is 10.4. The van der Waals surface area contributed by atoms with Crippen LogP contribution in [0.4, 0.5) is 0 Å². The van der Waals surface area contributed by atoms with Crippen molar-refractivity contribution in [1.82, 2.24) is 0 Å². The molecule has 2 aliphatic rings. The molecule has 2 nitrogen and oxygen atoms in total.